The highest BCUT2D eigenvalue weighted by molar-refractivity contribution is 6.00. The van der Waals surface area contributed by atoms with Gasteiger partial charge >= 0.3 is 12.0 Å². The average molecular weight is 436 g/mol. The Balaban J connectivity index is 1.35. The van der Waals surface area contributed by atoms with Crippen LogP contribution in [-0.4, -0.2) is 64.5 Å². The Kier molecular flexibility index (Phi) is 6.29. The molecule has 1 aromatic heterocycles. The predicted molar refractivity (Wildman–Crippen MR) is 117 cm³/mol. The van der Waals surface area contributed by atoms with Crippen LogP contribution in [-0.2, 0) is 11.3 Å². The molecule has 10 nitrogen and oxygen atoms in total. The van der Waals surface area contributed by atoms with Crippen LogP contribution in [0.1, 0.15) is 33.6 Å². The summed E-state index contributed by atoms with van der Waals surface area (Å²) in [6.45, 7) is 2.27. The number of anilines is 1. The Bertz CT molecular complexity index is 1150. The van der Waals surface area contributed by atoms with Gasteiger partial charge in [-0.2, -0.15) is 0 Å². The molecule has 3 amide bonds. The van der Waals surface area contributed by atoms with E-state index < -0.39 is 12.0 Å². The largest absolute Gasteiger partial charge is 0.465 e. The number of aromatic nitrogens is 3. The van der Waals surface area contributed by atoms with Gasteiger partial charge in [-0.3, -0.25) is 4.79 Å². The van der Waals surface area contributed by atoms with Crippen molar-refractivity contribution in [3.63, 3.8) is 0 Å². The first kappa shape index (κ1) is 21.3. The van der Waals surface area contributed by atoms with Gasteiger partial charge in [-0.1, -0.05) is 17.3 Å². The summed E-state index contributed by atoms with van der Waals surface area (Å²) in [5, 5.41) is 13.7. The van der Waals surface area contributed by atoms with Crippen LogP contribution >= 0.6 is 0 Å². The number of urea groups is 1. The zero-order chi connectivity index (χ0) is 22.5. The molecule has 1 fully saturated rings. The molecule has 2 N–H and O–H groups in total. The molecule has 2 heterocycles. The molecule has 0 radical (unpaired) electrons. The third-order valence-electron chi connectivity index (χ3n) is 5.34. The van der Waals surface area contributed by atoms with E-state index in [1.807, 2.05) is 11.0 Å². The Morgan fingerprint density at radius 3 is 2.66 bits per heavy atom. The number of carbonyl (C=O) groups excluding carboxylic acids is 3. The van der Waals surface area contributed by atoms with E-state index in [4.69, 9.17) is 4.74 Å². The third-order valence-corrected chi connectivity index (χ3v) is 5.34. The molecule has 0 spiro atoms. The number of nitrogens with zero attached hydrogens (tertiary/aromatic N) is 4. The van der Waals surface area contributed by atoms with Crippen molar-refractivity contribution in [1.29, 1.82) is 0 Å². The molecule has 0 atom stereocenters. The average Bonchev–Trinajstić information content (AvgIpc) is 3.48. The highest BCUT2D eigenvalue weighted by Crippen LogP contribution is 2.18. The SMILES string of the molecule is COC(=O)c1ccccc1NC(=O)NCCn1nnc2cc(C(=O)N3CCCC3)ccc21. The normalized spacial score (nSPS) is 13.2. The van der Waals surface area contributed by atoms with E-state index in [0.29, 0.717) is 29.9 Å². The predicted octanol–water partition coefficient (Wildman–Crippen LogP) is 2.28. The minimum atomic E-state index is -0.530. The monoisotopic (exact) mass is 436 g/mol. The van der Waals surface area contributed by atoms with E-state index in [1.54, 1.807) is 41.1 Å². The summed E-state index contributed by atoms with van der Waals surface area (Å²) in [6, 6.07) is 11.5. The number of carbonyl (C=O) groups is 3. The summed E-state index contributed by atoms with van der Waals surface area (Å²) in [5.41, 5.74) is 2.64. The van der Waals surface area contributed by atoms with Crippen LogP contribution < -0.4 is 10.6 Å². The summed E-state index contributed by atoms with van der Waals surface area (Å²) >= 11 is 0. The number of amides is 3. The fourth-order valence-electron chi connectivity index (χ4n) is 3.70. The molecule has 0 bridgehead atoms. The fraction of sp³-hybridized carbons (Fsp3) is 0.318. The van der Waals surface area contributed by atoms with Gasteiger partial charge in [-0.25, -0.2) is 14.3 Å². The number of rotatable bonds is 6. The van der Waals surface area contributed by atoms with Crippen LogP contribution in [0.3, 0.4) is 0 Å². The van der Waals surface area contributed by atoms with E-state index in [2.05, 4.69) is 20.9 Å². The van der Waals surface area contributed by atoms with Gasteiger partial charge in [0.25, 0.3) is 5.91 Å². The van der Waals surface area contributed by atoms with Gasteiger partial charge < -0.3 is 20.3 Å². The maximum Gasteiger partial charge on any atom is 0.339 e. The smallest absolute Gasteiger partial charge is 0.339 e. The van der Waals surface area contributed by atoms with E-state index in [9.17, 15) is 14.4 Å². The van der Waals surface area contributed by atoms with Crippen molar-refractivity contribution >= 4 is 34.6 Å². The summed E-state index contributed by atoms with van der Waals surface area (Å²) in [6.07, 6.45) is 2.08. The first-order valence-electron chi connectivity index (χ1n) is 10.4. The van der Waals surface area contributed by atoms with Crippen molar-refractivity contribution in [2.75, 3.05) is 32.1 Å². The lowest BCUT2D eigenvalue weighted by molar-refractivity contribution is 0.0601. The summed E-state index contributed by atoms with van der Waals surface area (Å²) in [7, 11) is 1.28. The van der Waals surface area contributed by atoms with Gasteiger partial charge in [0.15, 0.2) is 0 Å². The Hall–Kier alpha value is -3.95. The van der Waals surface area contributed by atoms with Crippen LogP contribution in [0.15, 0.2) is 42.5 Å². The van der Waals surface area contributed by atoms with Crippen LogP contribution in [0.5, 0.6) is 0 Å². The number of hydrogen-bond acceptors (Lipinski definition) is 6. The van der Waals surface area contributed by atoms with Crippen molar-refractivity contribution in [3.05, 3.63) is 53.6 Å². The number of likely N-dealkylation sites (tertiary alicyclic amines) is 1. The number of ether oxygens (including phenoxy) is 1. The number of benzene rings is 2. The number of para-hydroxylation sites is 1. The van der Waals surface area contributed by atoms with Crippen molar-refractivity contribution in [1.82, 2.24) is 25.2 Å². The number of fused-ring (bicyclic) bond motifs is 1. The zero-order valence-corrected chi connectivity index (χ0v) is 17.7. The molecule has 10 heteroatoms. The van der Waals surface area contributed by atoms with Gasteiger partial charge in [0.05, 0.1) is 30.4 Å². The van der Waals surface area contributed by atoms with Crippen molar-refractivity contribution in [2.45, 2.75) is 19.4 Å². The Morgan fingerprint density at radius 1 is 1.09 bits per heavy atom. The zero-order valence-electron chi connectivity index (χ0n) is 17.7. The maximum atomic E-state index is 12.6. The molecule has 1 aliphatic rings. The van der Waals surface area contributed by atoms with Crippen molar-refractivity contribution < 1.29 is 19.1 Å². The lowest BCUT2D eigenvalue weighted by Crippen LogP contribution is -2.32. The molecular weight excluding hydrogens is 412 g/mol. The third kappa shape index (κ3) is 4.53. The standard InChI is InChI=1S/C22H24N6O4/c1-32-21(30)16-6-2-3-7-17(16)24-22(31)23-10-13-28-19-9-8-15(14-18(19)25-26-28)20(29)27-11-4-5-12-27/h2-3,6-9,14H,4-5,10-13H2,1H3,(H2,23,24,31). The van der Waals surface area contributed by atoms with Gasteiger partial charge in [-0.05, 0) is 43.2 Å². The molecule has 3 aromatic rings. The molecule has 166 valence electrons. The molecule has 0 unspecified atom stereocenters. The number of esters is 1. The van der Waals surface area contributed by atoms with Gasteiger partial charge in [0, 0.05) is 25.2 Å². The second kappa shape index (κ2) is 9.46. The van der Waals surface area contributed by atoms with Crippen LogP contribution in [0, 0.1) is 0 Å². The molecule has 4 rings (SSSR count). The summed E-state index contributed by atoms with van der Waals surface area (Å²) in [5.74, 6) is -0.512. The minimum absolute atomic E-state index is 0.0181. The minimum Gasteiger partial charge on any atom is -0.465 e. The van der Waals surface area contributed by atoms with Crippen LogP contribution in [0.2, 0.25) is 0 Å². The highest BCUT2D eigenvalue weighted by atomic mass is 16.5. The number of hydrogen-bond donors (Lipinski definition) is 2. The topological polar surface area (TPSA) is 118 Å². The van der Waals surface area contributed by atoms with Crippen LogP contribution in [0.25, 0.3) is 11.0 Å². The summed E-state index contributed by atoms with van der Waals surface area (Å²) in [4.78, 5) is 38.5. The van der Waals surface area contributed by atoms with E-state index >= 15 is 0 Å². The molecule has 0 saturated carbocycles. The molecule has 32 heavy (non-hydrogen) atoms. The lowest BCUT2D eigenvalue weighted by Gasteiger charge is -2.15. The molecule has 1 aliphatic heterocycles. The van der Waals surface area contributed by atoms with E-state index in [-0.39, 0.29) is 11.5 Å². The second-order valence-corrected chi connectivity index (χ2v) is 7.43. The number of nitrogens with one attached hydrogen (secondary N) is 2. The van der Waals surface area contributed by atoms with E-state index in [0.717, 1.165) is 31.4 Å². The summed E-state index contributed by atoms with van der Waals surface area (Å²) < 4.78 is 6.40. The Morgan fingerprint density at radius 2 is 1.88 bits per heavy atom. The van der Waals surface area contributed by atoms with Crippen LogP contribution in [0.4, 0.5) is 10.5 Å². The molecule has 1 saturated heterocycles. The molecular formula is C22H24N6O4. The quantitative estimate of drug-likeness (QED) is 0.573. The van der Waals surface area contributed by atoms with Gasteiger partial charge in [0.2, 0.25) is 0 Å². The van der Waals surface area contributed by atoms with Crippen molar-refractivity contribution in [3.8, 4) is 0 Å². The highest BCUT2D eigenvalue weighted by Gasteiger charge is 2.20. The van der Waals surface area contributed by atoms with Gasteiger partial charge in [-0.15, -0.1) is 5.10 Å². The second-order valence-electron chi connectivity index (χ2n) is 7.43. The molecule has 0 aliphatic carbocycles. The van der Waals surface area contributed by atoms with Crippen molar-refractivity contribution in [2.24, 2.45) is 0 Å². The Labute approximate surface area is 184 Å². The fourth-order valence-corrected chi connectivity index (χ4v) is 3.70. The molecule has 2 aromatic carbocycles. The number of methoxy groups -OCH3 is 1. The van der Waals surface area contributed by atoms with E-state index in [1.165, 1.54) is 7.11 Å². The first-order valence-corrected chi connectivity index (χ1v) is 10.4. The first-order chi connectivity index (χ1) is 15.6. The van der Waals surface area contributed by atoms with Gasteiger partial charge in [0.1, 0.15) is 5.52 Å². The lowest BCUT2D eigenvalue weighted by atomic mass is 10.1. The maximum absolute atomic E-state index is 12.6.